The second-order valence-electron chi connectivity index (χ2n) is 13.6. The van der Waals surface area contributed by atoms with Gasteiger partial charge >= 0.3 is 0 Å². The fraction of sp³-hybridized carbons (Fsp3) is 0.697. The molecule has 2 heterocycles. The van der Waals surface area contributed by atoms with E-state index in [1.54, 1.807) is 6.07 Å². The lowest BCUT2D eigenvalue weighted by atomic mass is 9.54. The zero-order valence-electron chi connectivity index (χ0n) is 24.7. The molecule has 5 unspecified atom stereocenters. The van der Waals surface area contributed by atoms with Crippen LogP contribution in [-0.2, 0) is 16.0 Å². The van der Waals surface area contributed by atoms with Crippen molar-refractivity contribution in [1.29, 1.82) is 0 Å². The van der Waals surface area contributed by atoms with Gasteiger partial charge in [0.2, 0.25) is 5.91 Å². The number of halogens is 1. The molecule has 5 aliphatic rings. The number of piperazine rings is 1. The van der Waals surface area contributed by atoms with Crippen LogP contribution in [0.3, 0.4) is 0 Å². The number of piperidine rings is 1. The van der Waals surface area contributed by atoms with E-state index in [0.29, 0.717) is 37.3 Å². The summed E-state index contributed by atoms with van der Waals surface area (Å²) in [4.78, 5) is 45.4. The Morgan fingerprint density at radius 2 is 1.85 bits per heavy atom. The summed E-state index contributed by atoms with van der Waals surface area (Å²) in [5, 5.41) is 3.06. The van der Waals surface area contributed by atoms with Crippen molar-refractivity contribution in [3.05, 3.63) is 51.8 Å². The molecule has 2 saturated carbocycles. The number of nitroso groups, excluding NO2 is 1. The SMILES string of the molecule is CN1CCC(N2CCN(C(=O)CCCC3/C(=C/N=O)C(=O)C4(C)CCC5c6cccc(F)c6CCC5C34)CC2)CC1. The van der Waals surface area contributed by atoms with E-state index in [-0.39, 0.29) is 41.2 Å². The first-order valence-corrected chi connectivity index (χ1v) is 15.9. The van der Waals surface area contributed by atoms with Crippen molar-refractivity contribution in [3.63, 3.8) is 0 Å². The molecule has 7 nitrogen and oxygen atoms in total. The van der Waals surface area contributed by atoms with E-state index in [0.717, 1.165) is 69.7 Å². The zero-order chi connectivity index (χ0) is 28.7. The molecule has 1 amide bonds. The van der Waals surface area contributed by atoms with Crippen LogP contribution in [0.4, 0.5) is 4.39 Å². The Morgan fingerprint density at radius 1 is 1.10 bits per heavy atom. The first-order chi connectivity index (χ1) is 19.8. The lowest BCUT2D eigenvalue weighted by Gasteiger charge is -2.49. The molecule has 0 radical (unpaired) electrons. The van der Waals surface area contributed by atoms with Crippen LogP contribution < -0.4 is 0 Å². The van der Waals surface area contributed by atoms with E-state index in [2.05, 4.69) is 35.0 Å². The Labute approximate surface area is 243 Å². The number of carbonyl (C=O) groups excluding carboxylic acids is 2. The van der Waals surface area contributed by atoms with Crippen molar-refractivity contribution < 1.29 is 14.0 Å². The van der Waals surface area contributed by atoms with Gasteiger partial charge < -0.3 is 9.80 Å². The monoisotopic (exact) mass is 564 g/mol. The normalized spacial score (nSPS) is 33.9. The van der Waals surface area contributed by atoms with Crippen molar-refractivity contribution in [2.75, 3.05) is 46.3 Å². The summed E-state index contributed by atoms with van der Waals surface area (Å²) in [6.45, 7) is 7.83. The second kappa shape index (κ2) is 11.7. The van der Waals surface area contributed by atoms with E-state index in [1.807, 2.05) is 11.0 Å². The zero-order valence-corrected chi connectivity index (χ0v) is 24.7. The number of fused-ring (bicyclic) bond motifs is 5. The van der Waals surface area contributed by atoms with Crippen LogP contribution >= 0.6 is 0 Å². The van der Waals surface area contributed by atoms with Gasteiger partial charge in [0.15, 0.2) is 5.78 Å². The average molecular weight is 565 g/mol. The summed E-state index contributed by atoms with van der Waals surface area (Å²) in [5.41, 5.74) is 1.97. The molecule has 0 spiro atoms. The van der Waals surface area contributed by atoms with E-state index >= 15 is 0 Å². The number of carbonyl (C=O) groups is 2. The molecule has 222 valence electrons. The van der Waals surface area contributed by atoms with Gasteiger partial charge in [-0.2, -0.15) is 0 Å². The van der Waals surface area contributed by atoms with E-state index in [1.165, 1.54) is 19.0 Å². The number of amides is 1. The van der Waals surface area contributed by atoms with E-state index < -0.39 is 5.41 Å². The van der Waals surface area contributed by atoms with Crippen molar-refractivity contribution in [2.24, 2.45) is 28.3 Å². The number of rotatable bonds is 6. The number of ketones is 1. The van der Waals surface area contributed by atoms with Crippen molar-refractivity contribution >= 4 is 11.7 Å². The summed E-state index contributed by atoms with van der Waals surface area (Å²) >= 11 is 0. The van der Waals surface area contributed by atoms with Crippen LogP contribution in [0.2, 0.25) is 0 Å². The quantitative estimate of drug-likeness (QED) is 0.353. The number of hydrogen-bond acceptors (Lipinski definition) is 6. The Kier molecular flexibility index (Phi) is 8.16. The van der Waals surface area contributed by atoms with Gasteiger partial charge in [-0.25, -0.2) is 4.39 Å². The highest BCUT2D eigenvalue weighted by atomic mass is 19.1. The molecule has 0 bridgehead atoms. The summed E-state index contributed by atoms with van der Waals surface area (Å²) in [6, 6.07) is 6.06. The number of nitrogens with zero attached hydrogens (tertiary/aromatic N) is 4. The van der Waals surface area contributed by atoms with Gasteiger partial charge in [-0.15, -0.1) is 4.91 Å². The molecule has 5 atom stereocenters. The van der Waals surface area contributed by atoms with Crippen molar-refractivity contribution in [2.45, 2.75) is 76.7 Å². The number of allylic oxidation sites excluding steroid dienone is 1. The Morgan fingerprint density at radius 3 is 2.59 bits per heavy atom. The van der Waals surface area contributed by atoms with Crippen LogP contribution in [0.5, 0.6) is 0 Å². The molecule has 2 aliphatic heterocycles. The Hall–Kier alpha value is -2.45. The smallest absolute Gasteiger partial charge is 0.222 e. The maximum Gasteiger partial charge on any atom is 0.222 e. The molecule has 0 N–H and O–H groups in total. The van der Waals surface area contributed by atoms with Gasteiger partial charge in [-0.3, -0.25) is 14.5 Å². The minimum Gasteiger partial charge on any atom is -0.340 e. The third-order valence-corrected chi connectivity index (χ3v) is 11.6. The van der Waals surface area contributed by atoms with Crippen LogP contribution in [-0.4, -0.2) is 78.7 Å². The molecule has 1 aromatic carbocycles. The standard InChI is InChI=1S/C33H45FN4O3/c1-33-14-11-24-23-5-3-7-29(34)25(23)9-10-27(24)31(33)26(28(21-35-41)32(33)40)6-4-8-30(39)38-19-17-37(18-20-38)22-12-15-36(2)16-13-22/h3,5,7,21-22,24,26-27,31H,4,6,8-20H2,1-2H3/b28-21-. The predicted molar refractivity (Wildman–Crippen MR) is 157 cm³/mol. The first kappa shape index (κ1) is 28.7. The molecule has 1 aromatic rings. The van der Waals surface area contributed by atoms with Crippen molar-refractivity contribution in [1.82, 2.24) is 14.7 Å². The van der Waals surface area contributed by atoms with Gasteiger partial charge in [0.05, 0.1) is 6.20 Å². The molecule has 0 aromatic heterocycles. The summed E-state index contributed by atoms with van der Waals surface area (Å²) in [6.07, 6.45) is 8.66. The number of Topliss-reactive ketones (excluding diaryl/α,β-unsaturated/α-hetero) is 1. The lowest BCUT2D eigenvalue weighted by Crippen LogP contribution is -2.54. The maximum absolute atomic E-state index is 14.6. The highest BCUT2D eigenvalue weighted by molar-refractivity contribution is 6.03. The average Bonchev–Trinajstić information content (AvgIpc) is 3.19. The maximum atomic E-state index is 14.6. The van der Waals surface area contributed by atoms with Crippen LogP contribution in [0.15, 0.2) is 35.1 Å². The lowest BCUT2D eigenvalue weighted by molar-refractivity contribution is -0.133. The second-order valence-corrected chi connectivity index (χ2v) is 13.6. The first-order valence-electron chi connectivity index (χ1n) is 15.9. The highest BCUT2D eigenvalue weighted by Gasteiger charge is 2.60. The van der Waals surface area contributed by atoms with Crippen molar-refractivity contribution in [3.8, 4) is 0 Å². The molecular formula is C33H45FN4O3. The minimum absolute atomic E-state index is 0.0620. The Balaban J connectivity index is 1.11. The predicted octanol–water partition coefficient (Wildman–Crippen LogP) is 5.15. The third-order valence-electron chi connectivity index (χ3n) is 11.6. The fourth-order valence-electron chi connectivity index (χ4n) is 9.40. The number of hydrogen-bond donors (Lipinski definition) is 0. The molecule has 3 aliphatic carbocycles. The number of likely N-dealkylation sites (tertiary alicyclic amines) is 1. The molecular weight excluding hydrogens is 519 g/mol. The van der Waals surface area contributed by atoms with Gasteiger partial charge in [-0.05, 0) is 118 Å². The summed E-state index contributed by atoms with van der Waals surface area (Å²) in [5.74, 6) is 0.639. The van der Waals surface area contributed by atoms with E-state index in [4.69, 9.17) is 0 Å². The van der Waals surface area contributed by atoms with Gasteiger partial charge in [0.25, 0.3) is 0 Å². The Bertz CT molecular complexity index is 1200. The van der Waals surface area contributed by atoms with Gasteiger partial charge in [0.1, 0.15) is 5.82 Å². The van der Waals surface area contributed by atoms with Gasteiger partial charge in [0, 0.05) is 49.6 Å². The molecule has 6 rings (SSSR count). The third kappa shape index (κ3) is 5.20. The number of benzene rings is 1. The molecule has 4 fully saturated rings. The molecule has 41 heavy (non-hydrogen) atoms. The molecule has 2 saturated heterocycles. The summed E-state index contributed by atoms with van der Waals surface area (Å²) in [7, 11) is 2.19. The molecule has 8 heteroatoms. The van der Waals surface area contributed by atoms with Crippen LogP contribution in [0.25, 0.3) is 0 Å². The largest absolute Gasteiger partial charge is 0.340 e. The summed E-state index contributed by atoms with van der Waals surface area (Å²) < 4.78 is 14.6. The highest BCUT2D eigenvalue weighted by Crippen LogP contribution is 2.63. The van der Waals surface area contributed by atoms with Gasteiger partial charge in [-0.1, -0.05) is 19.1 Å². The minimum atomic E-state index is -0.526. The topological polar surface area (TPSA) is 73.3 Å². The van der Waals surface area contributed by atoms with Crippen LogP contribution in [0.1, 0.15) is 75.3 Å². The fourth-order valence-corrected chi connectivity index (χ4v) is 9.40. The van der Waals surface area contributed by atoms with Crippen LogP contribution in [0, 0.1) is 33.9 Å². The van der Waals surface area contributed by atoms with E-state index in [9.17, 15) is 18.9 Å².